The summed E-state index contributed by atoms with van der Waals surface area (Å²) in [6.07, 6.45) is 1.80. The summed E-state index contributed by atoms with van der Waals surface area (Å²) in [5, 5.41) is 3.43. The summed E-state index contributed by atoms with van der Waals surface area (Å²) >= 11 is 6.15. The summed E-state index contributed by atoms with van der Waals surface area (Å²) in [5.41, 5.74) is 4.01. The van der Waals surface area contributed by atoms with Crippen molar-refractivity contribution in [2.45, 2.75) is 39.8 Å². The Kier molecular flexibility index (Phi) is 7.63. The molecule has 0 fully saturated rings. The molecule has 0 aliphatic carbocycles. The molecule has 0 spiro atoms. The van der Waals surface area contributed by atoms with E-state index in [0.29, 0.717) is 17.0 Å². The lowest BCUT2D eigenvalue weighted by Gasteiger charge is -2.23. The molecule has 1 amide bonds. The lowest BCUT2D eigenvalue weighted by Crippen LogP contribution is -2.41. The summed E-state index contributed by atoms with van der Waals surface area (Å²) in [6.45, 7) is 5.84. The van der Waals surface area contributed by atoms with Gasteiger partial charge in [-0.3, -0.25) is 4.79 Å². The van der Waals surface area contributed by atoms with Crippen LogP contribution >= 0.6 is 11.6 Å². The highest BCUT2D eigenvalue weighted by atomic mass is 35.5. The molecule has 2 rings (SSSR count). The maximum atomic E-state index is 12.6. The second-order valence-corrected chi connectivity index (χ2v) is 9.38. The van der Waals surface area contributed by atoms with E-state index in [0.717, 1.165) is 21.7 Å². The number of carbonyl (C=O) groups excluding carboxylic acids is 1. The number of halogens is 1. The number of amides is 1. The van der Waals surface area contributed by atoms with Crippen LogP contribution in [0.2, 0.25) is 5.02 Å². The molecule has 2 aromatic rings. The number of nitrogens with one attached hydrogen (secondary N) is 1. The van der Waals surface area contributed by atoms with Crippen LogP contribution in [-0.2, 0) is 21.4 Å². The van der Waals surface area contributed by atoms with E-state index in [2.05, 4.69) is 11.4 Å². The molecule has 7 heteroatoms. The average molecular weight is 423 g/mol. The van der Waals surface area contributed by atoms with Gasteiger partial charge in [0.1, 0.15) is 0 Å². The zero-order chi connectivity index (χ0) is 20.9. The Morgan fingerprint density at radius 3 is 2.39 bits per heavy atom. The third-order valence-corrected chi connectivity index (χ3v) is 6.34. The molecule has 28 heavy (non-hydrogen) atoms. The molecular weight excluding hydrogens is 396 g/mol. The third-order valence-electron chi connectivity index (χ3n) is 4.77. The van der Waals surface area contributed by atoms with E-state index < -0.39 is 10.0 Å². The van der Waals surface area contributed by atoms with Crippen LogP contribution in [0.5, 0.6) is 0 Å². The lowest BCUT2D eigenvalue weighted by atomic mass is 9.99. The zero-order valence-corrected chi connectivity index (χ0v) is 18.3. The predicted octanol–water partition coefficient (Wildman–Crippen LogP) is 3.99. The molecule has 0 heterocycles. The van der Waals surface area contributed by atoms with Crippen molar-refractivity contribution in [1.29, 1.82) is 0 Å². The van der Waals surface area contributed by atoms with E-state index in [1.165, 1.54) is 5.56 Å². The highest BCUT2D eigenvalue weighted by Gasteiger charge is 2.23. The Bertz CT molecular complexity index is 944. The molecule has 0 aliphatic heterocycles. The third kappa shape index (κ3) is 6.06. The van der Waals surface area contributed by atoms with Gasteiger partial charge in [-0.1, -0.05) is 54.9 Å². The minimum atomic E-state index is -3.58. The standard InChI is InChI=1S/C21H27ClN2O3S/c1-5-20(17-11-10-15(2)16(3)12-17)23-21(25)14-24(28(4,26)27)13-18-8-6-7-9-19(18)22/h6-12,20H,5,13-14H2,1-4H3,(H,23,25)/t20-/m0/s1. The Labute approximate surface area is 172 Å². The molecule has 0 aromatic heterocycles. The summed E-state index contributed by atoms with van der Waals surface area (Å²) in [6, 6.07) is 12.9. The van der Waals surface area contributed by atoms with Crippen LogP contribution < -0.4 is 5.32 Å². The molecule has 0 aliphatic rings. The van der Waals surface area contributed by atoms with Gasteiger partial charge in [0.25, 0.3) is 0 Å². The molecule has 0 unspecified atom stereocenters. The van der Waals surface area contributed by atoms with Crippen molar-refractivity contribution in [2.75, 3.05) is 12.8 Å². The Balaban J connectivity index is 2.14. The van der Waals surface area contributed by atoms with Gasteiger partial charge in [-0.15, -0.1) is 0 Å². The maximum Gasteiger partial charge on any atom is 0.235 e. The van der Waals surface area contributed by atoms with Gasteiger partial charge in [0.05, 0.1) is 18.8 Å². The molecule has 5 nitrogen and oxygen atoms in total. The minimum absolute atomic E-state index is 0.0480. The fraction of sp³-hybridized carbons (Fsp3) is 0.381. The first-order valence-corrected chi connectivity index (χ1v) is 11.4. The number of hydrogen-bond acceptors (Lipinski definition) is 3. The van der Waals surface area contributed by atoms with Crippen LogP contribution in [0.4, 0.5) is 0 Å². The normalized spacial score (nSPS) is 12.8. The summed E-state index contributed by atoms with van der Waals surface area (Å²) in [5.74, 6) is -0.345. The summed E-state index contributed by atoms with van der Waals surface area (Å²) in [4.78, 5) is 12.6. The summed E-state index contributed by atoms with van der Waals surface area (Å²) < 4.78 is 25.5. The van der Waals surface area contributed by atoms with E-state index in [1.807, 2.05) is 32.9 Å². The fourth-order valence-corrected chi connectivity index (χ4v) is 3.83. The number of carbonyl (C=O) groups is 1. The molecule has 0 saturated carbocycles. The minimum Gasteiger partial charge on any atom is -0.348 e. The molecule has 2 aromatic carbocycles. The van der Waals surface area contributed by atoms with Gasteiger partial charge in [-0.2, -0.15) is 4.31 Å². The van der Waals surface area contributed by atoms with Gasteiger partial charge in [-0.05, 0) is 48.6 Å². The fourth-order valence-electron chi connectivity index (χ4n) is 2.91. The number of rotatable bonds is 8. The molecule has 1 atom stereocenters. The van der Waals surface area contributed by atoms with Gasteiger partial charge >= 0.3 is 0 Å². The van der Waals surface area contributed by atoms with Crippen molar-refractivity contribution in [3.05, 3.63) is 69.7 Å². The Hall–Kier alpha value is -1.89. The first-order chi connectivity index (χ1) is 13.1. The second-order valence-electron chi connectivity index (χ2n) is 6.99. The van der Waals surface area contributed by atoms with Crippen molar-refractivity contribution in [3.63, 3.8) is 0 Å². The smallest absolute Gasteiger partial charge is 0.235 e. The van der Waals surface area contributed by atoms with Crippen molar-refractivity contribution in [2.24, 2.45) is 0 Å². The number of aryl methyl sites for hydroxylation is 2. The van der Waals surface area contributed by atoms with Crippen LogP contribution in [0.25, 0.3) is 0 Å². The van der Waals surface area contributed by atoms with Gasteiger partial charge in [0.2, 0.25) is 15.9 Å². The highest BCUT2D eigenvalue weighted by Crippen LogP contribution is 2.21. The van der Waals surface area contributed by atoms with Crippen molar-refractivity contribution in [3.8, 4) is 0 Å². The zero-order valence-electron chi connectivity index (χ0n) is 16.7. The Morgan fingerprint density at radius 1 is 1.14 bits per heavy atom. The number of hydrogen-bond donors (Lipinski definition) is 1. The number of sulfonamides is 1. The number of benzene rings is 2. The van der Waals surface area contributed by atoms with Crippen molar-refractivity contribution in [1.82, 2.24) is 9.62 Å². The van der Waals surface area contributed by atoms with E-state index in [1.54, 1.807) is 24.3 Å². The van der Waals surface area contributed by atoms with Crippen LogP contribution in [-0.4, -0.2) is 31.4 Å². The van der Waals surface area contributed by atoms with Crippen molar-refractivity contribution < 1.29 is 13.2 Å². The maximum absolute atomic E-state index is 12.6. The Morgan fingerprint density at radius 2 is 1.82 bits per heavy atom. The van der Waals surface area contributed by atoms with Crippen LogP contribution in [0.15, 0.2) is 42.5 Å². The van der Waals surface area contributed by atoms with Crippen LogP contribution in [0.3, 0.4) is 0 Å². The van der Waals surface area contributed by atoms with Gasteiger partial charge < -0.3 is 5.32 Å². The monoisotopic (exact) mass is 422 g/mol. The molecule has 0 bridgehead atoms. The van der Waals surface area contributed by atoms with E-state index in [4.69, 9.17) is 11.6 Å². The summed E-state index contributed by atoms with van der Waals surface area (Å²) in [7, 11) is -3.58. The van der Waals surface area contributed by atoms with E-state index >= 15 is 0 Å². The molecule has 1 N–H and O–H groups in total. The van der Waals surface area contributed by atoms with Crippen LogP contribution in [0.1, 0.15) is 41.6 Å². The predicted molar refractivity (Wildman–Crippen MR) is 114 cm³/mol. The SMILES string of the molecule is CC[C@H](NC(=O)CN(Cc1ccccc1Cl)S(C)(=O)=O)c1ccc(C)c(C)c1. The van der Waals surface area contributed by atoms with Crippen molar-refractivity contribution >= 4 is 27.5 Å². The highest BCUT2D eigenvalue weighted by molar-refractivity contribution is 7.88. The van der Waals surface area contributed by atoms with Gasteiger partial charge in [-0.25, -0.2) is 8.42 Å². The van der Waals surface area contributed by atoms with E-state index in [-0.39, 0.29) is 25.0 Å². The molecule has 0 radical (unpaired) electrons. The topological polar surface area (TPSA) is 66.5 Å². The first kappa shape index (κ1) is 22.4. The quantitative estimate of drug-likeness (QED) is 0.699. The van der Waals surface area contributed by atoms with Crippen LogP contribution in [0, 0.1) is 13.8 Å². The molecule has 152 valence electrons. The lowest BCUT2D eigenvalue weighted by molar-refractivity contribution is -0.122. The largest absolute Gasteiger partial charge is 0.348 e. The number of nitrogens with zero attached hydrogens (tertiary/aromatic N) is 1. The molecule has 0 saturated heterocycles. The molecular formula is C21H27ClN2O3S. The average Bonchev–Trinajstić information content (AvgIpc) is 2.62. The van der Waals surface area contributed by atoms with Gasteiger partial charge in [0.15, 0.2) is 0 Å². The van der Waals surface area contributed by atoms with Gasteiger partial charge in [0, 0.05) is 11.6 Å². The first-order valence-electron chi connectivity index (χ1n) is 9.16. The second kappa shape index (κ2) is 9.54. The van der Waals surface area contributed by atoms with E-state index in [9.17, 15) is 13.2 Å².